The van der Waals surface area contributed by atoms with Gasteiger partial charge in [0.25, 0.3) is 0 Å². The van der Waals surface area contributed by atoms with Gasteiger partial charge in [-0.2, -0.15) is 21.6 Å². The second-order valence-electron chi connectivity index (χ2n) is 5.77. The van der Waals surface area contributed by atoms with E-state index < -0.39 is 22.0 Å². The Labute approximate surface area is 172 Å². The first-order valence-electron chi connectivity index (χ1n) is 7.94. The van der Waals surface area contributed by atoms with Crippen LogP contribution in [-0.2, 0) is 28.4 Å². The highest BCUT2D eigenvalue weighted by Gasteiger charge is 2.27. The van der Waals surface area contributed by atoms with Crippen molar-refractivity contribution in [3.63, 3.8) is 0 Å². The van der Waals surface area contributed by atoms with Gasteiger partial charge in [-0.25, -0.2) is 8.42 Å². The van der Waals surface area contributed by atoms with Crippen molar-refractivity contribution < 1.29 is 13.2 Å². The molecule has 0 fully saturated rings. The quantitative estimate of drug-likeness (QED) is 0.611. The second kappa shape index (κ2) is 9.79. The van der Waals surface area contributed by atoms with E-state index in [9.17, 15) is 13.2 Å². The molecule has 1 aromatic heterocycles. The monoisotopic (exact) mass is 450 g/mol. The molecular weight excluding hydrogens is 431 g/mol. The van der Waals surface area contributed by atoms with Crippen LogP contribution in [0.3, 0.4) is 0 Å². The minimum Gasteiger partial charge on any atom is -0.351 e. The third-order valence-corrected chi connectivity index (χ3v) is 6.46. The molecule has 2 rings (SSSR count). The van der Waals surface area contributed by atoms with Gasteiger partial charge >= 0.3 is 0 Å². The molecule has 0 saturated heterocycles. The molecular formula is C16H20Cl2N4O3S2. The van der Waals surface area contributed by atoms with Crippen molar-refractivity contribution in [1.29, 1.82) is 0 Å². The molecule has 1 aromatic carbocycles. The number of aromatic nitrogens is 2. The Morgan fingerprint density at radius 1 is 1.37 bits per heavy atom. The van der Waals surface area contributed by atoms with Gasteiger partial charge in [-0.05, 0) is 36.6 Å². The molecule has 2 N–H and O–H groups in total. The predicted molar refractivity (Wildman–Crippen MR) is 109 cm³/mol. The number of thioether (sulfide) groups is 1. The van der Waals surface area contributed by atoms with E-state index in [1.807, 2.05) is 6.26 Å². The number of nitrogens with one attached hydrogen (secondary N) is 2. The van der Waals surface area contributed by atoms with E-state index in [1.165, 1.54) is 30.0 Å². The van der Waals surface area contributed by atoms with Crippen LogP contribution >= 0.6 is 35.0 Å². The highest BCUT2D eigenvalue weighted by Crippen LogP contribution is 2.25. The van der Waals surface area contributed by atoms with Crippen LogP contribution in [0, 0.1) is 0 Å². The number of halogens is 2. The lowest BCUT2D eigenvalue weighted by atomic mass is 10.2. The summed E-state index contributed by atoms with van der Waals surface area (Å²) in [6, 6.07) is 3.21. The van der Waals surface area contributed by atoms with Gasteiger partial charge < -0.3 is 5.32 Å². The van der Waals surface area contributed by atoms with Crippen LogP contribution in [0.5, 0.6) is 0 Å². The summed E-state index contributed by atoms with van der Waals surface area (Å²) in [6.45, 7) is 0.252. The maximum atomic E-state index is 12.7. The molecule has 0 aliphatic carbocycles. The fourth-order valence-corrected chi connectivity index (χ4v) is 4.75. The Kier molecular flexibility index (Phi) is 7.99. The zero-order chi connectivity index (χ0) is 20.0. The number of carbonyl (C=O) groups is 1. The lowest BCUT2D eigenvalue weighted by Crippen LogP contribution is -2.46. The summed E-state index contributed by atoms with van der Waals surface area (Å²) in [5.41, 5.74) is 0.815. The summed E-state index contributed by atoms with van der Waals surface area (Å²) < 4.78 is 29.5. The topological polar surface area (TPSA) is 93.1 Å². The van der Waals surface area contributed by atoms with Gasteiger partial charge in [0, 0.05) is 30.4 Å². The van der Waals surface area contributed by atoms with Crippen molar-refractivity contribution in [2.45, 2.75) is 23.9 Å². The maximum Gasteiger partial charge on any atom is 0.242 e. The van der Waals surface area contributed by atoms with Gasteiger partial charge in [0.2, 0.25) is 15.9 Å². The van der Waals surface area contributed by atoms with Crippen LogP contribution in [0.15, 0.2) is 35.5 Å². The number of benzene rings is 1. The third-order valence-electron chi connectivity index (χ3n) is 3.63. The SMILES string of the molecule is CSCCC(NS(=O)(=O)c1cc(Cl)ccc1Cl)C(=O)NCc1cnn(C)c1. The Morgan fingerprint density at radius 2 is 2.11 bits per heavy atom. The first-order valence-corrected chi connectivity index (χ1v) is 11.6. The molecule has 0 aliphatic rings. The first-order chi connectivity index (χ1) is 12.7. The van der Waals surface area contributed by atoms with Crippen LogP contribution in [-0.4, -0.2) is 42.2 Å². The lowest BCUT2D eigenvalue weighted by molar-refractivity contribution is -0.122. The molecule has 0 saturated carbocycles. The fourth-order valence-electron chi connectivity index (χ4n) is 2.29. The number of nitrogens with zero attached hydrogens (tertiary/aromatic N) is 2. The average Bonchev–Trinajstić information content (AvgIpc) is 3.03. The third kappa shape index (κ3) is 6.39. The normalized spacial score (nSPS) is 12.7. The first kappa shape index (κ1) is 22.0. The van der Waals surface area contributed by atoms with Crippen molar-refractivity contribution in [2.24, 2.45) is 7.05 Å². The molecule has 0 aliphatic heterocycles. The van der Waals surface area contributed by atoms with Crippen LogP contribution in [0.4, 0.5) is 0 Å². The Balaban J connectivity index is 2.14. The van der Waals surface area contributed by atoms with Crippen LogP contribution < -0.4 is 10.0 Å². The summed E-state index contributed by atoms with van der Waals surface area (Å²) in [5, 5.41) is 7.03. The van der Waals surface area contributed by atoms with Gasteiger partial charge in [0.1, 0.15) is 10.9 Å². The number of carbonyl (C=O) groups excluding carboxylic acids is 1. The van der Waals surface area contributed by atoms with Crippen molar-refractivity contribution in [3.8, 4) is 0 Å². The predicted octanol–water partition coefficient (Wildman–Crippen LogP) is 2.44. The van der Waals surface area contributed by atoms with Crippen molar-refractivity contribution in [3.05, 3.63) is 46.2 Å². The molecule has 0 spiro atoms. The highest BCUT2D eigenvalue weighted by atomic mass is 35.5. The molecule has 11 heteroatoms. The second-order valence-corrected chi connectivity index (χ2v) is 9.28. The molecule has 27 heavy (non-hydrogen) atoms. The number of sulfonamides is 1. The summed E-state index contributed by atoms with van der Waals surface area (Å²) >= 11 is 13.4. The molecule has 1 unspecified atom stereocenters. The largest absolute Gasteiger partial charge is 0.351 e. The van der Waals surface area contributed by atoms with E-state index in [1.54, 1.807) is 24.1 Å². The zero-order valence-electron chi connectivity index (χ0n) is 14.8. The molecule has 1 amide bonds. The van der Waals surface area contributed by atoms with Gasteiger partial charge in [0.05, 0.1) is 11.2 Å². The number of aryl methyl sites for hydroxylation is 1. The van der Waals surface area contributed by atoms with E-state index in [4.69, 9.17) is 23.2 Å². The molecule has 1 heterocycles. The van der Waals surface area contributed by atoms with Crippen LogP contribution in [0.1, 0.15) is 12.0 Å². The summed E-state index contributed by atoms with van der Waals surface area (Å²) in [7, 11) is -2.25. The Morgan fingerprint density at radius 3 is 2.74 bits per heavy atom. The zero-order valence-corrected chi connectivity index (χ0v) is 17.9. The maximum absolute atomic E-state index is 12.7. The van der Waals surface area contributed by atoms with Crippen LogP contribution in [0.25, 0.3) is 0 Å². The van der Waals surface area contributed by atoms with E-state index in [0.29, 0.717) is 12.2 Å². The minimum absolute atomic E-state index is 0.0336. The molecule has 1 atom stereocenters. The Bertz CT molecular complexity index is 903. The molecule has 7 nitrogen and oxygen atoms in total. The number of rotatable bonds is 9. The molecule has 148 valence electrons. The van der Waals surface area contributed by atoms with E-state index in [2.05, 4.69) is 15.1 Å². The van der Waals surface area contributed by atoms with Gasteiger partial charge in [0.15, 0.2) is 0 Å². The highest BCUT2D eigenvalue weighted by molar-refractivity contribution is 7.98. The van der Waals surface area contributed by atoms with E-state index in [-0.39, 0.29) is 21.5 Å². The van der Waals surface area contributed by atoms with E-state index in [0.717, 1.165) is 5.56 Å². The van der Waals surface area contributed by atoms with E-state index >= 15 is 0 Å². The standard InChI is InChI=1S/C16H20Cl2N4O3S2/c1-22-10-11(9-20-22)8-19-16(23)14(5-6-26-2)21-27(24,25)15-7-12(17)3-4-13(15)18/h3-4,7,9-10,14,21H,5-6,8H2,1-2H3,(H,19,23). The number of hydrogen-bond donors (Lipinski definition) is 2. The summed E-state index contributed by atoms with van der Waals surface area (Å²) in [5.74, 6) is 0.186. The molecule has 2 aromatic rings. The fraction of sp³-hybridized carbons (Fsp3) is 0.375. The van der Waals surface area contributed by atoms with Crippen molar-refractivity contribution in [2.75, 3.05) is 12.0 Å². The Hall–Kier alpha value is -1.26. The van der Waals surface area contributed by atoms with Gasteiger partial charge in [-0.3, -0.25) is 9.48 Å². The summed E-state index contributed by atoms with van der Waals surface area (Å²) in [6.07, 6.45) is 5.62. The minimum atomic E-state index is -4.02. The average molecular weight is 451 g/mol. The van der Waals surface area contributed by atoms with Crippen molar-refractivity contribution >= 4 is 50.9 Å². The number of amides is 1. The molecule has 0 bridgehead atoms. The van der Waals surface area contributed by atoms with Gasteiger partial charge in [-0.15, -0.1) is 0 Å². The smallest absolute Gasteiger partial charge is 0.242 e. The van der Waals surface area contributed by atoms with Crippen LogP contribution in [0.2, 0.25) is 10.0 Å². The lowest BCUT2D eigenvalue weighted by Gasteiger charge is -2.18. The van der Waals surface area contributed by atoms with Crippen molar-refractivity contribution in [1.82, 2.24) is 19.8 Å². The van der Waals surface area contributed by atoms with Gasteiger partial charge in [-0.1, -0.05) is 23.2 Å². The summed E-state index contributed by atoms with van der Waals surface area (Å²) in [4.78, 5) is 12.4. The number of hydrogen-bond acceptors (Lipinski definition) is 5. The molecule has 0 radical (unpaired) electrons.